The first-order chi connectivity index (χ1) is 16.3. The average molecular weight is 466 g/mol. The van der Waals surface area contributed by atoms with E-state index in [9.17, 15) is 14.0 Å². The van der Waals surface area contributed by atoms with Crippen molar-refractivity contribution in [1.82, 2.24) is 14.5 Å². The van der Waals surface area contributed by atoms with Crippen LogP contribution in [0.2, 0.25) is 0 Å². The molecule has 0 saturated carbocycles. The molecule has 1 unspecified atom stereocenters. The molecule has 5 nitrogen and oxygen atoms in total. The SMILES string of the molecule is CCCCCCCC(=O)N(CC(C)C)C(C)c1nc2ccccc2c(=O)n1-c1ccc(F)cc1. The van der Waals surface area contributed by atoms with Gasteiger partial charge in [-0.3, -0.25) is 14.2 Å². The van der Waals surface area contributed by atoms with Gasteiger partial charge in [0.05, 0.1) is 22.6 Å². The Morgan fingerprint density at radius 2 is 1.68 bits per heavy atom. The van der Waals surface area contributed by atoms with Crippen LogP contribution < -0.4 is 5.56 Å². The predicted molar refractivity (Wildman–Crippen MR) is 136 cm³/mol. The first-order valence-electron chi connectivity index (χ1n) is 12.4. The van der Waals surface area contributed by atoms with Gasteiger partial charge in [0.15, 0.2) is 0 Å². The number of carbonyl (C=O) groups excluding carboxylic acids is 1. The van der Waals surface area contributed by atoms with E-state index in [4.69, 9.17) is 4.98 Å². The van der Waals surface area contributed by atoms with Crippen LogP contribution in [-0.4, -0.2) is 26.9 Å². The summed E-state index contributed by atoms with van der Waals surface area (Å²) in [5.74, 6) is 0.443. The summed E-state index contributed by atoms with van der Waals surface area (Å²) in [6.45, 7) is 8.83. The van der Waals surface area contributed by atoms with Gasteiger partial charge in [0, 0.05) is 13.0 Å². The van der Waals surface area contributed by atoms with Crippen molar-refractivity contribution in [1.29, 1.82) is 0 Å². The van der Waals surface area contributed by atoms with E-state index in [0.717, 1.165) is 19.3 Å². The van der Waals surface area contributed by atoms with Crippen molar-refractivity contribution >= 4 is 16.8 Å². The smallest absolute Gasteiger partial charge is 0.266 e. The lowest BCUT2D eigenvalue weighted by molar-refractivity contribution is -0.134. The summed E-state index contributed by atoms with van der Waals surface area (Å²) >= 11 is 0. The summed E-state index contributed by atoms with van der Waals surface area (Å²) in [6.07, 6.45) is 5.87. The first-order valence-corrected chi connectivity index (χ1v) is 12.4. The standard InChI is InChI=1S/C28H36FN3O2/c1-5-6-7-8-9-14-26(33)31(19-20(2)3)21(4)27-30-25-13-11-10-12-24(25)28(34)32(27)23-17-15-22(29)16-18-23/h10-13,15-18,20-21H,5-9,14,19H2,1-4H3. The maximum absolute atomic E-state index is 13.6. The number of aromatic nitrogens is 2. The van der Waals surface area contributed by atoms with Crippen molar-refractivity contribution < 1.29 is 9.18 Å². The summed E-state index contributed by atoms with van der Waals surface area (Å²) in [5.41, 5.74) is 0.891. The van der Waals surface area contributed by atoms with Crippen LogP contribution in [0.4, 0.5) is 4.39 Å². The minimum Gasteiger partial charge on any atom is -0.333 e. The zero-order valence-electron chi connectivity index (χ0n) is 20.8. The number of hydrogen-bond donors (Lipinski definition) is 0. The number of amides is 1. The molecule has 0 radical (unpaired) electrons. The monoisotopic (exact) mass is 465 g/mol. The fourth-order valence-corrected chi connectivity index (χ4v) is 4.30. The zero-order chi connectivity index (χ0) is 24.7. The second-order valence-electron chi connectivity index (χ2n) is 9.38. The molecule has 0 bridgehead atoms. The van der Waals surface area contributed by atoms with Gasteiger partial charge in [-0.25, -0.2) is 9.37 Å². The van der Waals surface area contributed by atoms with Gasteiger partial charge >= 0.3 is 0 Å². The molecule has 1 amide bonds. The summed E-state index contributed by atoms with van der Waals surface area (Å²) in [4.78, 5) is 33.6. The van der Waals surface area contributed by atoms with Crippen LogP contribution in [0.5, 0.6) is 0 Å². The molecule has 0 fully saturated rings. The molecule has 0 saturated heterocycles. The van der Waals surface area contributed by atoms with E-state index in [1.54, 1.807) is 24.3 Å². The fourth-order valence-electron chi connectivity index (χ4n) is 4.30. The second-order valence-corrected chi connectivity index (χ2v) is 9.38. The van der Waals surface area contributed by atoms with Crippen molar-refractivity contribution in [2.24, 2.45) is 5.92 Å². The Bertz CT molecular complexity index is 1150. The molecular formula is C28H36FN3O2. The summed E-state index contributed by atoms with van der Waals surface area (Å²) in [6, 6.07) is 12.6. The van der Waals surface area contributed by atoms with E-state index < -0.39 is 6.04 Å². The lowest BCUT2D eigenvalue weighted by atomic mass is 10.1. The second kappa shape index (κ2) is 11.9. The number of halogens is 1. The van der Waals surface area contributed by atoms with Crippen LogP contribution in [0.1, 0.15) is 78.1 Å². The number of benzene rings is 2. The Morgan fingerprint density at radius 1 is 1.00 bits per heavy atom. The zero-order valence-corrected chi connectivity index (χ0v) is 20.8. The van der Waals surface area contributed by atoms with E-state index in [0.29, 0.717) is 35.4 Å². The predicted octanol–water partition coefficient (Wildman–Crippen LogP) is 6.43. The van der Waals surface area contributed by atoms with E-state index >= 15 is 0 Å². The highest BCUT2D eigenvalue weighted by atomic mass is 19.1. The molecule has 0 aliphatic heterocycles. The van der Waals surface area contributed by atoms with Crippen LogP contribution in [-0.2, 0) is 4.79 Å². The summed E-state index contributed by atoms with van der Waals surface area (Å²) in [7, 11) is 0. The maximum atomic E-state index is 13.6. The summed E-state index contributed by atoms with van der Waals surface area (Å²) in [5, 5.41) is 0.487. The molecule has 6 heteroatoms. The minimum absolute atomic E-state index is 0.0748. The molecule has 2 aromatic carbocycles. The number of para-hydroxylation sites is 1. The van der Waals surface area contributed by atoms with Crippen LogP contribution in [0.15, 0.2) is 53.3 Å². The van der Waals surface area contributed by atoms with Gasteiger partial charge in [-0.2, -0.15) is 0 Å². The number of rotatable bonds is 11. The molecular weight excluding hydrogens is 429 g/mol. The normalized spacial score (nSPS) is 12.3. The fraction of sp³-hybridized carbons (Fsp3) is 0.464. The Hall–Kier alpha value is -3.02. The molecule has 0 aliphatic rings. The molecule has 3 aromatic rings. The van der Waals surface area contributed by atoms with Gasteiger partial charge < -0.3 is 4.90 Å². The lowest BCUT2D eigenvalue weighted by Gasteiger charge is -2.32. The minimum atomic E-state index is -0.423. The molecule has 182 valence electrons. The molecule has 34 heavy (non-hydrogen) atoms. The molecule has 1 aromatic heterocycles. The number of hydrogen-bond acceptors (Lipinski definition) is 3. The maximum Gasteiger partial charge on any atom is 0.266 e. The third-order valence-electron chi connectivity index (χ3n) is 6.10. The van der Waals surface area contributed by atoms with Crippen molar-refractivity contribution in [2.45, 2.75) is 72.3 Å². The molecule has 0 aliphatic carbocycles. The Morgan fingerprint density at radius 3 is 2.35 bits per heavy atom. The highest BCUT2D eigenvalue weighted by Gasteiger charge is 2.27. The number of nitrogens with zero attached hydrogens (tertiary/aromatic N) is 3. The highest BCUT2D eigenvalue weighted by Crippen LogP contribution is 2.25. The van der Waals surface area contributed by atoms with Gasteiger partial charge in [-0.1, -0.05) is 58.6 Å². The third-order valence-corrected chi connectivity index (χ3v) is 6.10. The Labute approximate surface area is 201 Å². The van der Waals surface area contributed by atoms with Crippen molar-refractivity contribution in [2.75, 3.05) is 6.54 Å². The van der Waals surface area contributed by atoms with Gasteiger partial charge in [-0.15, -0.1) is 0 Å². The van der Waals surface area contributed by atoms with E-state index in [1.165, 1.54) is 29.5 Å². The largest absolute Gasteiger partial charge is 0.333 e. The average Bonchev–Trinajstić information content (AvgIpc) is 2.82. The highest BCUT2D eigenvalue weighted by molar-refractivity contribution is 5.79. The first kappa shape index (κ1) is 25.6. The Kier molecular flexibility index (Phi) is 8.97. The van der Waals surface area contributed by atoms with Crippen LogP contribution >= 0.6 is 0 Å². The van der Waals surface area contributed by atoms with Crippen molar-refractivity contribution in [3.05, 3.63) is 70.5 Å². The van der Waals surface area contributed by atoms with Gasteiger partial charge in [0.25, 0.3) is 5.56 Å². The molecule has 0 N–H and O–H groups in total. The number of fused-ring (bicyclic) bond motifs is 1. The van der Waals surface area contributed by atoms with Gasteiger partial charge in [0.1, 0.15) is 11.6 Å². The quantitative estimate of drug-likeness (QED) is 0.307. The van der Waals surface area contributed by atoms with Crippen molar-refractivity contribution in [3.63, 3.8) is 0 Å². The van der Waals surface area contributed by atoms with Crippen LogP contribution in [0.3, 0.4) is 0 Å². The number of unbranched alkanes of at least 4 members (excludes halogenated alkanes) is 4. The van der Waals surface area contributed by atoms with Crippen LogP contribution in [0, 0.1) is 11.7 Å². The van der Waals surface area contributed by atoms with Crippen LogP contribution in [0.25, 0.3) is 16.6 Å². The Balaban J connectivity index is 2.04. The molecule has 0 spiro atoms. The van der Waals surface area contributed by atoms with E-state index in [2.05, 4.69) is 20.8 Å². The summed E-state index contributed by atoms with van der Waals surface area (Å²) < 4.78 is 15.2. The molecule has 3 rings (SSSR count). The van der Waals surface area contributed by atoms with Gasteiger partial charge in [0.2, 0.25) is 5.91 Å². The molecule has 1 atom stereocenters. The van der Waals surface area contributed by atoms with Gasteiger partial charge in [-0.05, 0) is 55.7 Å². The van der Waals surface area contributed by atoms with E-state index in [1.807, 2.05) is 24.0 Å². The van der Waals surface area contributed by atoms with Crippen molar-refractivity contribution in [3.8, 4) is 5.69 Å². The topological polar surface area (TPSA) is 55.2 Å². The third kappa shape index (κ3) is 6.10. The lowest BCUT2D eigenvalue weighted by Crippen LogP contribution is -2.39. The molecule has 1 heterocycles. The van der Waals surface area contributed by atoms with E-state index in [-0.39, 0.29) is 23.2 Å². The number of carbonyl (C=O) groups is 1.